The van der Waals surface area contributed by atoms with Gasteiger partial charge in [-0.3, -0.25) is 0 Å². The van der Waals surface area contributed by atoms with E-state index >= 15 is 0 Å². The van der Waals surface area contributed by atoms with Crippen LogP contribution in [-0.4, -0.2) is 15.0 Å². The van der Waals surface area contributed by atoms with Crippen LogP contribution < -0.4 is 4.90 Å². The molecule has 0 spiro atoms. The summed E-state index contributed by atoms with van der Waals surface area (Å²) in [7, 11) is 0. The average molecular weight is 434 g/mol. The Kier molecular flexibility index (Phi) is 5.90. The van der Waals surface area contributed by atoms with Gasteiger partial charge in [0, 0.05) is 23.6 Å². The molecule has 7 heteroatoms. The summed E-state index contributed by atoms with van der Waals surface area (Å²) in [5.41, 5.74) is 3.58. The van der Waals surface area contributed by atoms with Crippen molar-refractivity contribution in [3.8, 4) is 11.3 Å². The molecule has 0 fully saturated rings. The summed E-state index contributed by atoms with van der Waals surface area (Å²) in [6, 6.07) is 16.9. The van der Waals surface area contributed by atoms with Gasteiger partial charge in [0.05, 0.1) is 17.8 Å². The predicted octanol–water partition coefficient (Wildman–Crippen LogP) is 6.51. The van der Waals surface area contributed by atoms with Crippen LogP contribution in [0.1, 0.15) is 22.3 Å². The monoisotopic (exact) mass is 434 g/mol. The Bertz CT molecular complexity index is 1220. The number of hydrogen-bond donors (Lipinski definition) is 0. The van der Waals surface area contributed by atoms with Crippen LogP contribution in [0, 0.1) is 13.8 Å². The van der Waals surface area contributed by atoms with Crippen LogP contribution in [0.5, 0.6) is 0 Å². The first-order valence-electron chi connectivity index (χ1n) is 10.1. The molecular weight excluding hydrogens is 413 g/mol. The lowest BCUT2D eigenvalue weighted by Crippen LogP contribution is -2.22. The third kappa shape index (κ3) is 4.46. The first-order valence-corrected chi connectivity index (χ1v) is 10.1. The fourth-order valence-corrected chi connectivity index (χ4v) is 3.65. The zero-order chi connectivity index (χ0) is 22.7. The average Bonchev–Trinajstić information content (AvgIpc) is 2.79. The van der Waals surface area contributed by atoms with Crippen molar-refractivity contribution in [3.63, 3.8) is 0 Å². The highest BCUT2D eigenvalue weighted by atomic mass is 19.4. The van der Waals surface area contributed by atoms with Gasteiger partial charge < -0.3 is 4.90 Å². The molecule has 0 N–H and O–H groups in total. The van der Waals surface area contributed by atoms with Gasteiger partial charge in [0.2, 0.25) is 0 Å². The van der Waals surface area contributed by atoms with Crippen LogP contribution in [0.25, 0.3) is 11.3 Å². The molecular formula is C25H21F3N4. The topological polar surface area (TPSA) is 41.9 Å². The zero-order valence-corrected chi connectivity index (χ0v) is 17.6. The molecule has 0 radical (unpaired) electrons. The summed E-state index contributed by atoms with van der Waals surface area (Å²) in [5.74, 6) is 0.525. The van der Waals surface area contributed by atoms with Crippen LogP contribution in [0.4, 0.5) is 24.7 Å². The van der Waals surface area contributed by atoms with Gasteiger partial charge in [-0.25, -0.2) is 15.0 Å². The molecule has 32 heavy (non-hydrogen) atoms. The van der Waals surface area contributed by atoms with E-state index in [1.54, 1.807) is 30.6 Å². The molecule has 2 heterocycles. The maximum absolute atomic E-state index is 13.7. The lowest BCUT2D eigenvalue weighted by atomic mass is 10.0. The molecule has 4 aromatic rings. The molecule has 0 aliphatic heterocycles. The molecule has 162 valence electrons. The number of hydrogen-bond acceptors (Lipinski definition) is 4. The van der Waals surface area contributed by atoms with Gasteiger partial charge in [0.1, 0.15) is 12.1 Å². The van der Waals surface area contributed by atoms with Gasteiger partial charge in [-0.2, -0.15) is 13.2 Å². The Morgan fingerprint density at radius 2 is 1.69 bits per heavy atom. The molecule has 2 aromatic carbocycles. The second-order valence-corrected chi connectivity index (χ2v) is 7.50. The van der Waals surface area contributed by atoms with Gasteiger partial charge in [-0.1, -0.05) is 30.3 Å². The van der Waals surface area contributed by atoms with Crippen molar-refractivity contribution in [1.82, 2.24) is 15.0 Å². The minimum Gasteiger partial charge on any atom is -0.321 e. The lowest BCUT2D eigenvalue weighted by Gasteiger charge is -2.29. The van der Waals surface area contributed by atoms with Crippen molar-refractivity contribution in [2.24, 2.45) is 0 Å². The minimum atomic E-state index is -4.45. The number of aryl methyl sites for hydroxylation is 2. The van der Waals surface area contributed by atoms with E-state index in [2.05, 4.69) is 15.0 Å². The highest BCUT2D eigenvalue weighted by Gasteiger charge is 2.33. The number of pyridine rings is 1. The summed E-state index contributed by atoms with van der Waals surface area (Å²) >= 11 is 0. The first-order chi connectivity index (χ1) is 15.3. The number of benzene rings is 2. The van der Waals surface area contributed by atoms with E-state index < -0.39 is 11.7 Å². The van der Waals surface area contributed by atoms with E-state index in [1.807, 2.05) is 43.0 Å². The third-order valence-corrected chi connectivity index (χ3v) is 5.21. The number of aromatic nitrogens is 3. The molecule has 2 aromatic heterocycles. The van der Waals surface area contributed by atoms with E-state index in [0.717, 1.165) is 22.9 Å². The molecule has 4 nitrogen and oxygen atoms in total. The number of anilines is 2. The standard InChI is InChI=1S/C25H21F3N4/c1-17-9-10-18(2)23(14-17)32(15-19-6-3-4-8-21(19)25(26,27)28)24-20(7-5-12-30-24)22-11-13-29-16-31-22/h3-14,16H,15H2,1-2H3. The molecule has 0 aliphatic carbocycles. The summed E-state index contributed by atoms with van der Waals surface area (Å²) in [5, 5.41) is 0. The van der Waals surface area contributed by atoms with Gasteiger partial charge in [-0.05, 0) is 60.9 Å². The van der Waals surface area contributed by atoms with E-state index in [9.17, 15) is 13.2 Å². The Morgan fingerprint density at radius 1 is 0.875 bits per heavy atom. The SMILES string of the molecule is Cc1ccc(C)c(N(Cc2ccccc2C(F)(F)F)c2ncccc2-c2ccncn2)c1. The number of nitrogens with zero attached hydrogens (tertiary/aromatic N) is 4. The van der Waals surface area contributed by atoms with Gasteiger partial charge in [0.25, 0.3) is 0 Å². The molecule has 4 rings (SSSR count). The third-order valence-electron chi connectivity index (χ3n) is 5.21. The summed E-state index contributed by atoms with van der Waals surface area (Å²) in [6.45, 7) is 3.88. The number of halogens is 3. The van der Waals surface area contributed by atoms with E-state index in [4.69, 9.17) is 0 Å². The minimum absolute atomic E-state index is 0.00489. The Balaban J connectivity index is 1.92. The second kappa shape index (κ2) is 8.78. The van der Waals surface area contributed by atoms with Crippen LogP contribution in [-0.2, 0) is 12.7 Å². The predicted molar refractivity (Wildman–Crippen MR) is 118 cm³/mol. The molecule has 0 bridgehead atoms. The maximum Gasteiger partial charge on any atom is 0.416 e. The summed E-state index contributed by atoms with van der Waals surface area (Å²) in [4.78, 5) is 14.7. The van der Waals surface area contributed by atoms with Crippen LogP contribution in [0.15, 0.2) is 79.4 Å². The van der Waals surface area contributed by atoms with Crippen molar-refractivity contribution >= 4 is 11.5 Å². The van der Waals surface area contributed by atoms with Crippen molar-refractivity contribution in [1.29, 1.82) is 0 Å². The smallest absolute Gasteiger partial charge is 0.321 e. The Hall–Kier alpha value is -3.74. The van der Waals surface area contributed by atoms with Gasteiger partial charge in [0.15, 0.2) is 0 Å². The van der Waals surface area contributed by atoms with Crippen molar-refractivity contribution < 1.29 is 13.2 Å². The van der Waals surface area contributed by atoms with Crippen molar-refractivity contribution in [3.05, 3.63) is 102 Å². The quantitative estimate of drug-likeness (QED) is 0.359. The fraction of sp³-hybridized carbons (Fsp3) is 0.160. The molecule has 0 atom stereocenters. The Morgan fingerprint density at radius 3 is 2.44 bits per heavy atom. The van der Waals surface area contributed by atoms with Crippen molar-refractivity contribution in [2.75, 3.05) is 4.90 Å². The van der Waals surface area contributed by atoms with Crippen LogP contribution >= 0.6 is 0 Å². The molecule has 0 amide bonds. The summed E-state index contributed by atoms with van der Waals surface area (Å²) < 4.78 is 41.2. The molecule has 0 saturated carbocycles. The number of alkyl halides is 3. The normalized spacial score (nSPS) is 11.4. The van der Waals surface area contributed by atoms with Crippen LogP contribution in [0.2, 0.25) is 0 Å². The molecule has 0 unspecified atom stereocenters. The lowest BCUT2D eigenvalue weighted by molar-refractivity contribution is -0.138. The number of rotatable bonds is 5. The summed E-state index contributed by atoms with van der Waals surface area (Å²) in [6.07, 6.45) is 0.241. The fourth-order valence-electron chi connectivity index (χ4n) is 3.65. The highest BCUT2D eigenvalue weighted by Crippen LogP contribution is 2.38. The van der Waals surface area contributed by atoms with E-state index in [1.165, 1.54) is 18.5 Å². The van der Waals surface area contributed by atoms with Gasteiger partial charge >= 0.3 is 6.18 Å². The molecule has 0 saturated heterocycles. The van der Waals surface area contributed by atoms with Crippen LogP contribution in [0.3, 0.4) is 0 Å². The largest absolute Gasteiger partial charge is 0.416 e. The maximum atomic E-state index is 13.7. The zero-order valence-electron chi connectivity index (χ0n) is 17.6. The van der Waals surface area contributed by atoms with Crippen molar-refractivity contribution in [2.45, 2.75) is 26.6 Å². The van der Waals surface area contributed by atoms with E-state index in [-0.39, 0.29) is 12.1 Å². The first kappa shape index (κ1) is 21.5. The highest BCUT2D eigenvalue weighted by molar-refractivity contribution is 5.78. The molecule has 0 aliphatic rings. The van der Waals surface area contributed by atoms with E-state index in [0.29, 0.717) is 17.1 Å². The second-order valence-electron chi connectivity index (χ2n) is 7.50. The Labute approximate surface area is 184 Å². The van der Waals surface area contributed by atoms with Gasteiger partial charge in [-0.15, -0.1) is 0 Å².